The summed E-state index contributed by atoms with van der Waals surface area (Å²) in [6, 6.07) is 22.3. The minimum atomic E-state index is -0.803. The van der Waals surface area contributed by atoms with Crippen LogP contribution in [0.15, 0.2) is 72.8 Å². The molecule has 0 unspecified atom stereocenters. The summed E-state index contributed by atoms with van der Waals surface area (Å²) in [7, 11) is 0. The molecule has 0 spiro atoms. The Hall–Kier alpha value is -3.34. The summed E-state index contributed by atoms with van der Waals surface area (Å²) in [6.07, 6.45) is -0.803. The summed E-state index contributed by atoms with van der Waals surface area (Å²) in [6.45, 7) is 1.21. The number of anilines is 1. The summed E-state index contributed by atoms with van der Waals surface area (Å²) in [5.41, 5.74) is 0.678. The predicted molar refractivity (Wildman–Crippen MR) is 100 cm³/mol. The van der Waals surface area contributed by atoms with Gasteiger partial charge in [0, 0.05) is 11.1 Å². The van der Waals surface area contributed by atoms with Crippen LogP contribution >= 0.6 is 0 Å². The Bertz CT molecular complexity index is 903. The van der Waals surface area contributed by atoms with E-state index in [4.69, 9.17) is 9.47 Å². The molecular weight excluding hydrogens is 330 g/mol. The predicted octanol–water partition coefficient (Wildman–Crippen LogP) is 3.79. The number of ether oxygens (including phenoxy) is 2. The van der Waals surface area contributed by atoms with E-state index in [1.165, 1.54) is 0 Å². The second-order valence-electron chi connectivity index (χ2n) is 5.76. The lowest BCUT2D eigenvalue weighted by atomic mass is 10.1. The lowest BCUT2D eigenvalue weighted by Crippen LogP contribution is -2.29. The third-order valence-electron chi connectivity index (χ3n) is 3.80. The van der Waals surface area contributed by atoms with Gasteiger partial charge in [-0.1, -0.05) is 54.6 Å². The van der Waals surface area contributed by atoms with Gasteiger partial charge in [-0.2, -0.15) is 0 Å². The van der Waals surface area contributed by atoms with Gasteiger partial charge in [0.15, 0.2) is 12.7 Å². The van der Waals surface area contributed by atoms with Crippen LogP contribution in [0, 0.1) is 0 Å². The number of amides is 1. The first-order valence-corrected chi connectivity index (χ1v) is 8.29. The summed E-state index contributed by atoms with van der Waals surface area (Å²) in [4.78, 5) is 24.1. The lowest BCUT2D eigenvalue weighted by Gasteiger charge is -2.14. The minimum absolute atomic E-state index is 0.370. The van der Waals surface area contributed by atoms with Crippen molar-refractivity contribution in [1.29, 1.82) is 0 Å². The molecule has 0 saturated heterocycles. The van der Waals surface area contributed by atoms with Crippen LogP contribution in [0.4, 0.5) is 5.69 Å². The van der Waals surface area contributed by atoms with E-state index < -0.39 is 18.0 Å². The van der Waals surface area contributed by atoms with E-state index in [0.29, 0.717) is 11.4 Å². The molecule has 3 rings (SSSR count). The highest BCUT2D eigenvalue weighted by Gasteiger charge is 2.18. The zero-order valence-electron chi connectivity index (χ0n) is 14.3. The van der Waals surface area contributed by atoms with E-state index in [-0.39, 0.29) is 6.61 Å². The second kappa shape index (κ2) is 8.16. The molecule has 132 valence electrons. The van der Waals surface area contributed by atoms with Gasteiger partial charge in [-0.3, -0.25) is 4.79 Å². The van der Waals surface area contributed by atoms with Gasteiger partial charge in [0.1, 0.15) is 5.75 Å². The Labute approximate surface area is 151 Å². The average molecular weight is 349 g/mol. The molecule has 1 N–H and O–H groups in total. The molecule has 0 heterocycles. The monoisotopic (exact) mass is 349 g/mol. The van der Waals surface area contributed by atoms with E-state index in [0.717, 1.165) is 10.8 Å². The zero-order chi connectivity index (χ0) is 18.4. The van der Waals surface area contributed by atoms with Crippen LogP contribution in [0.1, 0.15) is 6.92 Å². The highest BCUT2D eigenvalue weighted by Crippen LogP contribution is 2.22. The number of fused-ring (bicyclic) bond motifs is 1. The molecule has 0 fully saturated rings. The van der Waals surface area contributed by atoms with Crippen molar-refractivity contribution in [2.45, 2.75) is 13.0 Å². The maximum atomic E-state index is 12.1. The molecule has 0 radical (unpaired) electrons. The van der Waals surface area contributed by atoms with E-state index in [9.17, 15) is 9.59 Å². The fourth-order valence-corrected chi connectivity index (χ4v) is 2.53. The van der Waals surface area contributed by atoms with E-state index in [1.807, 2.05) is 60.7 Å². The normalized spacial score (nSPS) is 11.6. The Balaban J connectivity index is 1.54. The van der Waals surface area contributed by atoms with E-state index in [1.54, 1.807) is 19.1 Å². The molecule has 3 aromatic rings. The maximum absolute atomic E-state index is 12.1. The van der Waals surface area contributed by atoms with Crippen LogP contribution in [0.5, 0.6) is 5.75 Å². The molecule has 1 atom stereocenters. The van der Waals surface area contributed by atoms with Gasteiger partial charge >= 0.3 is 5.97 Å². The van der Waals surface area contributed by atoms with Crippen LogP contribution in [0.3, 0.4) is 0 Å². The Morgan fingerprint density at radius 1 is 0.923 bits per heavy atom. The number of benzene rings is 3. The molecule has 5 heteroatoms. The smallest absolute Gasteiger partial charge is 0.347 e. The number of carbonyl (C=O) groups excluding carboxylic acids is 2. The van der Waals surface area contributed by atoms with Crippen LogP contribution < -0.4 is 10.1 Å². The molecule has 1 amide bonds. The number of rotatable bonds is 6. The highest BCUT2D eigenvalue weighted by atomic mass is 16.6. The van der Waals surface area contributed by atoms with Crippen molar-refractivity contribution in [2.75, 3.05) is 11.9 Å². The largest absolute Gasteiger partial charge is 0.479 e. The quantitative estimate of drug-likeness (QED) is 0.688. The van der Waals surface area contributed by atoms with Crippen molar-refractivity contribution >= 4 is 28.3 Å². The fraction of sp³-hybridized carbons (Fsp3) is 0.143. The van der Waals surface area contributed by atoms with Gasteiger partial charge < -0.3 is 14.8 Å². The summed E-state index contributed by atoms with van der Waals surface area (Å²) < 4.78 is 10.5. The van der Waals surface area contributed by atoms with Gasteiger partial charge in [0.25, 0.3) is 5.91 Å². The van der Waals surface area contributed by atoms with Gasteiger partial charge in [-0.05, 0) is 30.5 Å². The van der Waals surface area contributed by atoms with Crippen LogP contribution in [0.25, 0.3) is 10.8 Å². The van der Waals surface area contributed by atoms with Crippen LogP contribution in [0.2, 0.25) is 0 Å². The number of esters is 1. The first-order valence-electron chi connectivity index (χ1n) is 8.29. The molecule has 0 aliphatic heterocycles. The molecule has 0 aliphatic rings. The van der Waals surface area contributed by atoms with E-state index >= 15 is 0 Å². The van der Waals surface area contributed by atoms with Crippen molar-refractivity contribution < 1.29 is 19.1 Å². The van der Waals surface area contributed by atoms with E-state index in [2.05, 4.69) is 5.32 Å². The van der Waals surface area contributed by atoms with Crippen molar-refractivity contribution in [3.63, 3.8) is 0 Å². The van der Waals surface area contributed by atoms with Gasteiger partial charge in [0.2, 0.25) is 0 Å². The number of hydrogen-bond acceptors (Lipinski definition) is 4. The Kier molecular flexibility index (Phi) is 5.49. The second-order valence-corrected chi connectivity index (χ2v) is 5.76. The average Bonchev–Trinajstić information content (AvgIpc) is 2.67. The minimum Gasteiger partial charge on any atom is -0.479 e. The van der Waals surface area contributed by atoms with Crippen molar-refractivity contribution in [1.82, 2.24) is 0 Å². The molecule has 0 aliphatic carbocycles. The van der Waals surface area contributed by atoms with Gasteiger partial charge in [-0.15, -0.1) is 0 Å². The van der Waals surface area contributed by atoms with Crippen molar-refractivity contribution in [2.24, 2.45) is 0 Å². The number of nitrogens with one attached hydrogen (secondary N) is 1. The third kappa shape index (κ3) is 4.39. The molecule has 0 bridgehead atoms. The SMILES string of the molecule is C[C@@H](Oc1ccccc1)C(=O)OCC(=O)Nc1cccc2ccccc12. The highest BCUT2D eigenvalue weighted by molar-refractivity contribution is 6.02. The summed E-state index contributed by atoms with van der Waals surface area (Å²) >= 11 is 0. The fourth-order valence-electron chi connectivity index (χ4n) is 2.53. The standard InChI is InChI=1S/C21H19NO4/c1-15(26-17-10-3-2-4-11-17)21(24)25-14-20(23)22-19-13-7-9-16-8-5-6-12-18(16)19/h2-13,15H,14H2,1H3,(H,22,23)/t15-/m1/s1. The lowest BCUT2D eigenvalue weighted by molar-refractivity contribution is -0.153. The van der Waals surface area contributed by atoms with Gasteiger partial charge in [0.05, 0.1) is 0 Å². The Morgan fingerprint density at radius 2 is 1.62 bits per heavy atom. The number of para-hydroxylation sites is 1. The number of hydrogen-bond donors (Lipinski definition) is 1. The molecule has 3 aromatic carbocycles. The first-order chi connectivity index (χ1) is 12.6. The maximum Gasteiger partial charge on any atom is 0.347 e. The first kappa shape index (κ1) is 17.5. The van der Waals surface area contributed by atoms with Crippen LogP contribution in [-0.2, 0) is 14.3 Å². The van der Waals surface area contributed by atoms with Crippen molar-refractivity contribution in [3.8, 4) is 5.75 Å². The topological polar surface area (TPSA) is 64.6 Å². The molecule has 0 aromatic heterocycles. The van der Waals surface area contributed by atoms with Crippen molar-refractivity contribution in [3.05, 3.63) is 72.8 Å². The molecular formula is C21H19NO4. The van der Waals surface area contributed by atoms with Gasteiger partial charge in [-0.25, -0.2) is 4.79 Å². The molecule has 26 heavy (non-hydrogen) atoms. The molecule has 5 nitrogen and oxygen atoms in total. The zero-order valence-corrected chi connectivity index (χ0v) is 14.3. The number of carbonyl (C=O) groups is 2. The molecule has 0 saturated carbocycles. The third-order valence-corrected chi connectivity index (χ3v) is 3.80. The summed E-state index contributed by atoms with van der Waals surface area (Å²) in [5.74, 6) is -0.430. The summed E-state index contributed by atoms with van der Waals surface area (Å²) in [5, 5.41) is 4.72. The Morgan fingerprint density at radius 3 is 2.42 bits per heavy atom. The van der Waals surface area contributed by atoms with Crippen LogP contribution in [-0.4, -0.2) is 24.6 Å².